The Hall–Kier alpha value is -0.930. The molecule has 0 saturated heterocycles. The van der Waals surface area contributed by atoms with Gasteiger partial charge in [-0.25, -0.2) is 0 Å². The Labute approximate surface area is 72.2 Å². The Morgan fingerprint density at radius 1 is 1.27 bits per heavy atom. The second kappa shape index (κ2) is 3.46. The lowest BCUT2D eigenvalue weighted by Gasteiger charge is -1.95. The number of hydrogen-bond donors (Lipinski definition) is 0. The van der Waals surface area contributed by atoms with Crippen molar-refractivity contribution in [2.75, 3.05) is 0 Å². The summed E-state index contributed by atoms with van der Waals surface area (Å²) >= 11 is 5.27. The Balaban J connectivity index is 3.15. The van der Waals surface area contributed by atoms with E-state index in [1.165, 1.54) is 0 Å². The summed E-state index contributed by atoms with van der Waals surface area (Å²) in [5.41, 5.74) is 3.15. The maximum Gasteiger partial charge on any atom is 0.0263 e. The minimum Gasteiger partial charge on any atom is -0.0496 e. The van der Waals surface area contributed by atoms with Crippen LogP contribution in [0.2, 0.25) is 0 Å². The second-order valence-corrected chi connectivity index (χ2v) is 2.64. The smallest absolute Gasteiger partial charge is 0.0263 e. The van der Waals surface area contributed by atoms with E-state index < -0.39 is 0 Å². The minimum atomic E-state index is 0.953. The van der Waals surface area contributed by atoms with Crippen molar-refractivity contribution in [2.24, 2.45) is 0 Å². The third-order valence-corrected chi connectivity index (χ3v) is 1.42. The van der Waals surface area contributed by atoms with Gasteiger partial charge in [0.05, 0.1) is 0 Å². The molecule has 0 nitrogen and oxygen atoms in total. The van der Waals surface area contributed by atoms with E-state index in [0.29, 0.717) is 0 Å². The van der Waals surface area contributed by atoms with Gasteiger partial charge in [0.15, 0.2) is 0 Å². The molecule has 1 rings (SSSR count). The standard InChI is InChI=1S/C10H8Cl/c1-8-5-9(2)7-10(6-8)3-4-11/h6-7H,1-2H3. The molecule has 0 amide bonds. The fraction of sp³-hybridized carbons (Fsp3) is 0.200. The lowest BCUT2D eigenvalue weighted by molar-refractivity contribution is 1.36. The molecule has 0 fully saturated rings. The number of benzene rings is 1. The van der Waals surface area contributed by atoms with Crippen molar-refractivity contribution in [1.29, 1.82) is 0 Å². The highest BCUT2D eigenvalue weighted by atomic mass is 35.5. The number of halogens is 1. The largest absolute Gasteiger partial charge is 0.0496 e. The molecule has 0 aliphatic carbocycles. The zero-order chi connectivity index (χ0) is 8.27. The molecule has 0 aromatic heterocycles. The van der Waals surface area contributed by atoms with Crippen LogP contribution in [0.25, 0.3) is 0 Å². The Morgan fingerprint density at radius 3 is 2.27 bits per heavy atom. The highest BCUT2D eigenvalue weighted by Crippen LogP contribution is 2.06. The first-order chi connectivity index (χ1) is 5.22. The third-order valence-electron chi connectivity index (χ3n) is 1.33. The van der Waals surface area contributed by atoms with Crippen molar-refractivity contribution >= 4 is 11.6 Å². The maximum atomic E-state index is 5.27. The monoisotopic (exact) mass is 163 g/mol. The van der Waals surface area contributed by atoms with Gasteiger partial charge < -0.3 is 0 Å². The third kappa shape index (κ3) is 2.29. The van der Waals surface area contributed by atoms with Crippen molar-refractivity contribution in [3.63, 3.8) is 0 Å². The zero-order valence-electron chi connectivity index (χ0n) is 6.53. The normalized spacial score (nSPS) is 8.64. The van der Waals surface area contributed by atoms with Crippen molar-refractivity contribution in [3.8, 4) is 11.3 Å². The Bertz CT molecular complexity index is 295. The van der Waals surface area contributed by atoms with Crippen LogP contribution in [0.1, 0.15) is 16.7 Å². The molecule has 1 radical (unpaired) electrons. The van der Waals surface area contributed by atoms with Crippen LogP contribution >= 0.6 is 11.6 Å². The average molecular weight is 164 g/mol. The molecule has 0 aliphatic heterocycles. The van der Waals surface area contributed by atoms with E-state index in [1.807, 2.05) is 26.0 Å². The highest BCUT2D eigenvalue weighted by molar-refractivity contribution is 6.30. The topological polar surface area (TPSA) is 0 Å². The van der Waals surface area contributed by atoms with Gasteiger partial charge in [0.1, 0.15) is 0 Å². The van der Waals surface area contributed by atoms with Crippen molar-refractivity contribution in [3.05, 3.63) is 34.9 Å². The van der Waals surface area contributed by atoms with E-state index in [2.05, 4.69) is 17.4 Å². The van der Waals surface area contributed by atoms with Crippen molar-refractivity contribution in [1.82, 2.24) is 0 Å². The van der Waals surface area contributed by atoms with E-state index in [-0.39, 0.29) is 0 Å². The Morgan fingerprint density at radius 2 is 1.82 bits per heavy atom. The summed E-state index contributed by atoms with van der Waals surface area (Å²) in [5, 5.41) is 2.35. The molecule has 0 atom stereocenters. The minimum absolute atomic E-state index is 0.953. The first-order valence-electron chi connectivity index (χ1n) is 3.34. The zero-order valence-corrected chi connectivity index (χ0v) is 7.29. The molecular weight excluding hydrogens is 156 g/mol. The molecule has 1 aromatic rings. The van der Waals surface area contributed by atoms with Crippen LogP contribution in [-0.2, 0) is 0 Å². The van der Waals surface area contributed by atoms with Gasteiger partial charge in [0.25, 0.3) is 0 Å². The van der Waals surface area contributed by atoms with Gasteiger partial charge in [0.2, 0.25) is 0 Å². The molecule has 11 heavy (non-hydrogen) atoms. The summed E-state index contributed by atoms with van der Waals surface area (Å²) in [6.45, 7) is 3.98. The predicted octanol–water partition coefficient (Wildman–Crippen LogP) is 2.65. The van der Waals surface area contributed by atoms with E-state index in [1.54, 1.807) is 0 Å². The van der Waals surface area contributed by atoms with Crippen LogP contribution in [0, 0.1) is 31.2 Å². The summed E-state index contributed by atoms with van der Waals surface area (Å²) < 4.78 is 0. The van der Waals surface area contributed by atoms with Gasteiger partial charge in [-0.2, -0.15) is 0 Å². The fourth-order valence-electron chi connectivity index (χ4n) is 1.02. The maximum absolute atomic E-state index is 5.27. The quantitative estimate of drug-likeness (QED) is 0.516. The van der Waals surface area contributed by atoms with Gasteiger partial charge >= 0.3 is 0 Å². The van der Waals surface area contributed by atoms with Gasteiger partial charge in [-0.1, -0.05) is 0 Å². The Kier molecular flexibility index (Phi) is 2.57. The molecule has 55 valence electrons. The number of aryl methyl sites for hydroxylation is 2. The van der Waals surface area contributed by atoms with Crippen molar-refractivity contribution in [2.45, 2.75) is 13.8 Å². The van der Waals surface area contributed by atoms with Gasteiger partial charge in [-0.05, 0) is 60.7 Å². The van der Waals surface area contributed by atoms with E-state index in [9.17, 15) is 0 Å². The van der Waals surface area contributed by atoms with Gasteiger partial charge in [0, 0.05) is 10.9 Å². The highest BCUT2D eigenvalue weighted by Gasteiger charge is 1.91. The molecule has 0 heterocycles. The molecule has 1 heteroatoms. The predicted molar refractivity (Wildman–Crippen MR) is 47.5 cm³/mol. The first-order valence-corrected chi connectivity index (χ1v) is 3.72. The summed E-state index contributed by atoms with van der Waals surface area (Å²) in [6.07, 6.45) is 0. The summed E-state index contributed by atoms with van der Waals surface area (Å²) in [6, 6.07) is 7.08. The molecule has 0 saturated carbocycles. The van der Waals surface area contributed by atoms with Gasteiger partial charge in [-0.15, -0.1) is 0 Å². The molecule has 0 N–H and O–H groups in total. The van der Waals surface area contributed by atoms with Crippen molar-refractivity contribution < 1.29 is 0 Å². The second-order valence-electron chi connectivity index (χ2n) is 2.45. The van der Waals surface area contributed by atoms with Crippen LogP contribution in [0.4, 0.5) is 0 Å². The van der Waals surface area contributed by atoms with Crippen LogP contribution in [0.5, 0.6) is 0 Å². The van der Waals surface area contributed by atoms with Crippen LogP contribution in [0.15, 0.2) is 12.1 Å². The molecule has 0 bridgehead atoms. The summed E-state index contributed by atoms with van der Waals surface area (Å²) in [5.74, 6) is 2.78. The number of hydrogen-bond acceptors (Lipinski definition) is 0. The summed E-state index contributed by atoms with van der Waals surface area (Å²) in [7, 11) is 0. The SMILES string of the molecule is Cc1[c]c(C)cc(C#CCl)c1. The van der Waals surface area contributed by atoms with E-state index >= 15 is 0 Å². The van der Waals surface area contributed by atoms with Gasteiger partial charge in [-0.3, -0.25) is 0 Å². The average Bonchev–Trinajstić information content (AvgIpc) is 1.85. The van der Waals surface area contributed by atoms with Crippen LogP contribution in [-0.4, -0.2) is 0 Å². The lowest BCUT2D eigenvalue weighted by atomic mass is 10.1. The lowest BCUT2D eigenvalue weighted by Crippen LogP contribution is -1.80. The number of rotatable bonds is 0. The molecule has 1 aromatic carbocycles. The molecule has 0 spiro atoms. The molecule has 0 unspecified atom stereocenters. The van der Waals surface area contributed by atoms with E-state index in [4.69, 9.17) is 11.6 Å². The summed E-state index contributed by atoms with van der Waals surface area (Å²) in [4.78, 5) is 0. The molecular formula is C10H8Cl. The first kappa shape index (κ1) is 8.17. The molecule has 0 aliphatic rings. The van der Waals surface area contributed by atoms with Crippen LogP contribution < -0.4 is 0 Å². The van der Waals surface area contributed by atoms with Crippen LogP contribution in [0.3, 0.4) is 0 Å². The fourth-order valence-corrected chi connectivity index (χ4v) is 1.13. The van der Waals surface area contributed by atoms with E-state index in [0.717, 1.165) is 16.7 Å².